The van der Waals surface area contributed by atoms with Crippen LogP contribution in [-0.2, 0) is 14.1 Å². The molecule has 0 spiro atoms. The fraction of sp³-hybridized carbons (Fsp3) is 0.107. The number of hydrogen-bond acceptors (Lipinski definition) is 6. The lowest BCUT2D eigenvalue weighted by Gasteiger charge is -2.11. The van der Waals surface area contributed by atoms with Gasteiger partial charge in [0.1, 0.15) is 11.6 Å². The molecule has 0 aliphatic heterocycles. The molecule has 0 saturated heterocycles. The van der Waals surface area contributed by atoms with Gasteiger partial charge >= 0.3 is 0 Å². The van der Waals surface area contributed by atoms with Crippen LogP contribution in [0.25, 0.3) is 33.3 Å². The first-order valence-electron chi connectivity index (χ1n) is 11.7. The maximum Gasteiger partial charge on any atom is 0.291 e. The lowest BCUT2D eigenvalue weighted by atomic mass is 10.0. The molecule has 0 unspecified atom stereocenters. The highest BCUT2D eigenvalue weighted by molar-refractivity contribution is 6.12. The zero-order chi connectivity index (χ0) is 28.0. The number of nitrogens with two attached hydrogens (primary N) is 1. The highest BCUT2D eigenvalue weighted by Gasteiger charge is 2.22. The zero-order valence-corrected chi connectivity index (χ0v) is 21.1. The summed E-state index contributed by atoms with van der Waals surface area (Å²) in [7, 11) is 3.20. The van der Waals surface area contributed by atoms with Gasteiger partial charge in [0.2, 0.25) is 5.76 Å². The molecule has 194 valence electrons. The van der Waals surface area contributed by atoms with Crippen molar-refractivity contribution >= 4 is 28.4 Å². The van der Waals surface area contributed by atoms with Gasteiger partial charge in [-0.25, -0.2) is 9.37 Å². The molecule has 11 heteroatoms. The predicted octanol–water partition coefficient (Wildman–Crippen LogP) is 3.87. The third-order valence-corrected chi connectivity index (χ3v) is 6.39. The smallest absolute Gasteiger partial charge is 0.291 e. The van der Waals surface area contributed by atoms with Crippen LogP contribution < -0.4 is 16.6 Å². The van der Waals surface area contributed by atoms with Gasteiger partial charge in [-0.1, -0.05) is 30.3 Å². The van der Waals surface area contributed by atoms with Crippen molar-refractivity contribution in [1.82, 2.24) is 14.3 Å². The van der Waals surface area contributed by atoms with Crippen molar-refractivity contribution in [3.05, 3.63) is 93.5 Å². The largest absolute Gasteiger partial charge is 0.366 e. The summed E-state index contributed by atoms with van der Waals surface area (Å²) < 4.78 is 22.7. The number of halogens is 1. The first kappa shape index (κ1) is 25.2. The molecule has 5 aromatic rings. The maximum atomic E-state index is 14.7. The number of benzene rings is 2. The highest BCUT2D eigenvalue weighted by atomic mass is 19.1. The highest BCUT2D eigenvalue weighted by Crippen LogP contribution is 2.31. The van der Waals surface area contributed by atoms with Crippen molar-refractivity contribution in [2.45, 2.75) is 6.92 Å². The molecule has 3 aromatic heterocycles. The first-order valence-corrected chi connectivity index (χ1v) is 11.7. The van der Waals surface area contributed by atoms with E-state index in [1.807, 2.05) is 18.2 Å². The number of nitrogens with one attached hydrogen (secondary N) is 1. The van der Waals surface area contributed by atoms with E-state index in [1.165, 1.54) is 25.2 Å². The Labute approximate surface area is 220 Å². The molecule has 2 aromatic carbocycles. The summed E-state index contributed by atoms with van der Waals surface area (Å²) in [5.74, 6) is -2.61. The van der Waals surface area contributed by atoms with Crippen LogP contribution >= 0.6 is 0 Å². The fourth-order valence-electron chi connectivity index (χ4n) is 4.57. The molecule has 10 nitrogen and oxygen atoms in total. The van der Waals surface area contributed by atoms with Crippen LogP contribution in [0.3, 0.4) is 0 Å². The Morgan fingerprint density at radius 2 is 1.79 bits per heavy atom. The number of nitriles is 1. The first-order chi connectivity index (χ1) is 18.6. The molecule has 2 amide bonds. The number of rotatable bonds is 5. The van der Waals surface area contributed by atoms with E-state index in [0.717, 1.165) is 21.4 Å². The number of nitrogens with zero attached hydrogens (tertiary/aromatic N) is 4. The lowest BCUT2D eigenvalue weighted by Crippen LogP contribution is -2.19. The minimum atomic E-state index is -0.949. The second kappa shape index (κ2) is 9.42. The van der Waals surface area contributed by atoms with Gasteiger partial charge in [0, 0.05) is 30.9 Å². The average Bonchev–Trinajstić information content (AvgIpc) is 3.39. The molecule has 0 saturated carbocycles. The molecule has 3 heterocycles. The van der Waals surface area contributed by atoms with E-state index in [-0.39, 0.29) is 28.3 Å². The number of aryl methyl sites for hydroxylation is 3. The van der Waals surface area contributed by atoms with E-state index in [2.05, 4.69) is 10.3 Å². The Hall–Kier alpha value is -5.50. The predicted molar refractivity (Wildman–Crippen MR) is 141 cm³/mol. The molecule has 39 heavy (non-hydrogen) atoms. The standard InChI is InChI=1S/C28H21FN6O4/c1-14-11-17-12-20(15-7-9-16(10-8-15)22-21(13-30)39-35(3)28(22)38)34(2)25(17)24(32-14)27(37)33-19-6-4-5-18(23(19)29)26(31)36/h4-12H,1-3H3,(H2,31,36)(H,33,37). The quantitative estimate of drug-likeness (QED) is 0.356. The monoisotopic (exact) mass is 524 g/mol. The molecule has 0 atom stereocenters. The second-order valence-corrected chi connectivity index (χ2v) is 8.91. The Bertz CT molecular complexity index is 1910. The van der Waals surface area contributed by atoms with Gasteiger partial charge in [-0.3, -0.25) is 14.4 Å². The average molecular weight is 525 g/mol. The SMILES string of the molecule is Cc1cc2cc(-c3ccc(-c4c(C#N)on(C)c4=O)cc3)n(C)c2c(C(=O)Nc2cccc(C(N)=O)c2F)n1. The van der Waals surface area contributed by atoms with Gasteiger partial charge in [-0.15, -0.1) is 0 Å². The molecular weight excluding hydrogens is 503 g/mol. The number of hydrogen-bond donors (Lipinski definition) is 2. The third-order valence-electron chi connectivity index (χ3n) is 6.39. The summed E-state index contributed by atoms with van der Waals surface area (Å²) in [6, 6.07) is 16.6. The number of carbonyl (C=O) groups excluding carboxylic acids is 2. The number of pyridine rings is 1. The van der Waals surface area contributed by atoms with E-state index in [9.17, 15) is 24.0 Å². The van der Waals surface area contributed by atoms with Gasteiger partial charge in [-0.2, -0.15) is 10.0 Å². The van der Waals surface area contributed by atoms with Crippen LogP contribution in [0.4, 0.5) is 10.1 Å². The Kier molecular flexibility index (Phi) is 6.08. The third kappa shape index (κ3) is 4.23. The number of amides is 2. The fourth-order valence-corrected chi connectivity index (χ4v) is 4.57. The van der Waals surface area contributed by atoms with E-state index in [0.29, 0.717) is 16.8 Å². The summed E-state index contributed by atoms with van der Waals surface area (Å²) in [5, 5.41) is 12.6. The van der Waals surface area contributed by atoms with Crippen LogP contribution in [0.1, 0.15) is 32.3 Å². The van der Waals surface area contributed by atoms with Crippen molar-refractivity contribution in [3.8, 4) is 28.5 Å². The summed E-state index contributed by atoms with van der Waals surface area (Å²) >= 11 is 0. The number of primary amides is 1. The Balaban J connectivity index is 1.55. The summed E-state index contributed by atoms with van der Waals surface area (Å²) in [6.45, 7) is 1.74. The molecule has 0 fully saturated rings. The van der Waals surface area contributed by atoms with E-state index >= 15 is 0 Å². The van der Waals surface area contributed by atoms with Crippen molar-refractivity contribution in [2.75, 3.05) is 5.32 Å². The number of anilines is 1. The molecule has 0 aliphatic rings. The Morgan fingerprint density at radius 1 is 1.10 bits per heavy atom. The van der Waals surface area contributed by atoms with E-state index in [1.54, 1.807) is 42.8 Å². The van der Waals surface area contributed by atoms with E-state index < -0.39 is 23.2 Å². The van der Waals surface area contributed by atoms with Crippen LogP contribution in [0.2, 0.25) is 0 Å². The summed E-state index contributed by atoms with van der Waals surface area (Å²) in [5.41, 5.74) is 7.66. The zero-order valence-electron chi connectivity index (χ0n) is 21.1. The van der Waals surface area contributed by atoms with Crippen molar-refractivity contribution in [1.29, 1.82) is 5.26 Å². The van der Waals surface area contributed by atoms with Crippen LogP contribution in [0.5, 0.6) is 0 Å². The molecule has 0 bridgehead atoms. The molecular formula is C28H21FN6O4. The number of fused-ring (bicyclic) bond motifs is 1. The Morgan fingerprint density at radius 3 is 2.46 bits per heavy atom. The maximum absolute atomic E-state index is 14.7. The second-order valence-electron chi connectivity index (χ2n) is 8.91. The van der Waals surface area contributed by atoms with E-state index in [4.69, 9.17) is 10.3 Å². The van der Waals surface area contributed by atoms with Gasteiger partial charge < -0.3 is 20.1 Å². The van der Waals surface area contributed by atoms with Gasteiger partial charge in [-0.05, 0) is 42.3 Å². The van der Waals surface area contributed by atoms with Gasteiger partial charge in [0.05, 0.1) is 16.8 Å². The van der Waals surface area contributed by atoms with Crippen molar-refractivity contribution in [2.24, 2.45) is 19.8 Å². The van der Waals surface area contributed by atoms with Crippen molar-refractivity contribution in [3.63, 3.8) is 0 Å². The summed E-state index contributed by atoms with van der Waals surface area (Å²) in [4.78, 5) is 41.6. The van der Waals surface area contributed by atoms with Crippen LogP contribution in [0.15, 0.2) is 63.9 Å². The summed E-state index contributed by atoms with van der Waals surface area (Å²) in [6.07, 6.45) is 0. The minimum absolute atomic E-state index is 0.0693. The lowest BCUT2D eigenvalue weighted by molar-refractivity contribution is 0.0991. The van der Waals surface area contributed by atoms with Crippen molar-refractivity contribution < 1.29 is 18.5 Å². The molecule has 0 aliphatic carbocycles. The molecule has 0 radical (unpaired) electrons. The number of carbonyl (C=O) groups is 2. The van der Waals surface area contributed by atoms with Crippen LogP contribution in [0, 0.1) is 24.1 Å². The normalized spacial score (nSPS) is 10.9. The molecule has 5 rings (SSSR count). The van der Waals surface area contributed by atoms with Gasteiger partial charge in [0.15, 0.2) is 11.5 Å². The van der Waals surface area contributed by atoms with Gasteiger partial charge in [0.25, 0.3) is 17.4 Å². The minimum Gasteiger partial charge on any atom is -0.366 e. The topological polar surface area (TPSA) is 149 Å². The van der Waals surface area contributed by atoms with Crippen LogP contribution in [-0.4, -0.2) is 26.1 Å². The molecule has 3 N–H and O–H groups in total. The number of aromatic nitrogens is 3.